The van der Waals surface area contributed by atoms with E-state index in [4.69, 9.17) is 0 Å². The average molecular weight is 327 g/mol. The highest BCUT2D eigenvalue weighted by Gasteiger charge is 2.07. The van der Waals surface area contributed by atoms with Crippen LogP contribution < -0.4 is 10.6 Å². The summed E-state index contributed by atoms with van der Waals surface area (Å²) in [6.45, 7) is 4.96. The molecule has 19 heavy (non-hydrogen) atoms. The summed E-state index contributed by atoms with van der Waals surface area (Å²) in [7, 11) is 0. The third-order valence-corrected chi connectivity index (χ3v) is 3.52. The number of benzene rings is 1. The molecule has 104 valence electrons. The number of hydrogen-bond donors (Lipinski definition) is 2. The lowest BCUT2D eigenvalue weighted by molar-refractivity contribution is -0.120. The molecule has 0 aliphatic rings. The minimum absolute atomic E-state index is 0.0332. The average Bonchev–Trinajstić information content (AvgIpc) is 2.39. The van der Waals surface area contributed by atoms with Gasteiger partial charge in [0.1, 0.15) is 0 Å². The van der Waals surface area contributed by atoms with Crippen molar-refractivity contribution in [2.75, 3.05) is 13.1 Å². The molecule has 0 fully saturated rings. The first kappa shape index (κ1) is 15.7. The second-order valence-corrected chi connectivity index (χ2v) is 5.17. The van der Waals surface area contributed by atoms with Crippen LogP contribution in [-0.4, -0.2) is 24.9 Å². The largest absolute Gasteiger partial charge is 0.356 e. The van der Waals surface area contributed by atoms with Crippen molar-refractivity contribution in [1.82, 2.24) is 10.6 Å². The zero-order valence-electron chi connectivity index (χ0n) is 11.3. The van der Waals surface area contributed by atoms with Crippen LogP contribution in [0.25, 0.3) is 0 Å². The van der Waals surface area contributed by atoms with Gasteiger partial charge in [0.25, 0.3) is 5.91 Å². The van der Waals surface area contributed by atoms with E-state index in [1.165, 1.54) is 0 Å². The van der Waals surface area contributed by atoms with Crippen LogP contribution >= 0.6 is 15.9 Å². The molecule has 5 heteroatoms. The van der Waals surface area contributed by atoms with E-state index >= 15 is 0 Å². The standard InChI is InChI=1S/C14H19BrN2O2/c1-3-7-16-13(18)6-8-17-14(19)11-4-5-12(15)10(2)9-11/h4-5,9H,3,6-8H2,1-2H3,(H,16,18)(H,17,19). The molecule has 0 saturated carbocycles. The normalized spacial score (nSPS) is 10.1. The smallest absolute Gasteiger partial charge is 0.251 e. The van der Waals surface area contributed by atoms with Gasteiger partial charge in [-0.1, -0.05) is 22.9 Å². The molecule has 0 saturated heterocycles. The Kier molecular flexibility index (Phi) is 6.56. The SMILES string of the molecule is CCCNC(=O)CCNC(=O)c1ccc(Br)c(C)c1. The second-order valence-electron chi connectivity index (χ2n) is 4.32. The van der Waals surface area contributed by atoms with E-state index in [0.29, 0.717) is 25.1 Å². The monoisotopic (exact) mass is 326 g/mol. The fourth-order valence-electron chi connectivity index (χ4n) is 1.53. The van der Waals surface area contributed by atoms with Gasteiger partial charge in [0, 0.05) is 29.5 Å². The van der Waals surface area contributed by atoms with Gasteiger partial charge < -0.3 is 10.6 Å². The second kappa shape index (κ2) is 7.94. The number of rotatable bonds is 6. The number of amides is 2. The van der Waals surface area contributed by atoms with Crippen molar-refractivity contribution >= 4 is 27.7 Å². The molecule has 4 nitrogen and oxygen atoms in total. The van der Waals surface area contributed by atoms with Crippen molar-refractivity contribution in [2.45, 2.75) is 26.7 Å². The van der Waals surface area contributed by atoms with Crippen LogP contribution in [0.15, 0.2) is 22.7 Å². The maximum Gasteiger partial charge on any atom is 0.251 e. The maximum atomic E-state index is 11.8. The summed E-state index contributed by atoms with van der Waals surface area (Å²) in [6.07, 6.45) is 1.22. The highest BCUT2D eigenvalue weighted by molar-refractivity contribution is 9.10. The molecule has 0 radical (unpaired) electrons. The zero-order valence-corrected chi connectivity index (χ0v) is 12.8. The van der Waals surface area contributed by atoms with Crippen LogP contribution in [0.2, 0.25) is 0 Å². The Morgan fingerprint density at radius 1 is 1.21 bits per heavy atom. The fourth-order valence-corrected chi connectivity index (χ4v) is 1.78. The molecule has 0 bridgehead atoms. The minimum atomic E-state index is -0.154. The summed E-state index contributed by atoms with van der Waals surface area (Å²) in [4.78, 5) is 23.2. The summed E-state index contributed by atoms with van der Waals surface area (Å²) < 4.78 is 0.975. The molecule has 2 N–H and O–H groups in total. The third-order valence-electron chi connectivity index (χ3n) is 2.63. The zero-order chi connectivity index (χ0) is 14.3. The summed E-state index contributed by atoms with van der Waals surface area (Å²) in [5.41, 5.74) is 1.61. The molecule has 1 rings (SSSR count). The Bertz CT molecular complexity index is 461. The van der Waals surface area contributed by atoms with E-state index < -0.39 is 0 Å². The first-order valence-corrected chi connectivity index (χ1v) is 7.15. The summed E-state index contributed by atoms with van der Waals surface area (Å²) in [5.74, 6) is -0.187. The number of carbonyl (C=O) groups is 2. The van der Waals surface area contributed by atoms with Crippen LogP contribution in [0.1, 0.15) is 35.7 Å². The summed E-state index contributed by atoms with van der Waals surface area (Å²) in [6, 6.07) is 5.42. The summed E-state index contributed by atoms with van der Waals surface area (Å²) >= 11 is 3.39. The van der Waals surface area contributed by atoms with Crippen molar-refractivity contribution in [3.05, 3.63) is 33.8 Å². The minimum Gasteiger partial charge on any atom is -0.356 e. The van der Waals surface area contributed by atoms with Crippen LogP contribution in [0.3, 0.4) is 0 Å². The van der Waals surface area contributed by atoms with E-state index in [1.807, 2.05) is 26.0 Å². The van der Waals surface area contributed by atoms with E-state index in [9.17, 15) is 9.59 Å². The molecule has 0 unspecified atom stereocenters. The van der Waals surface area contributed by atoms with Gasteiger partial charge in [-0.05, 0) is 37.1 Å². The van der Waals surface area contributed by atoms with Gasteiger partial charge in [0.05, 0.1) is 0 Å². The van der Waals surface area contributed by atoms with Crippen LogP contribution in [0.5, 0.6) is 0 Å². The molecule has 0 aromatic heterocycles. The third kappa shape index (κ3) is 5.42. The Morgan fingerprint density at radius 2 is 1.95 bits per heavy atom. The number of nitrogens with one attached hydrogen (secondary N) is 2. The van der Waals surface area contributed by atoms with E-state index in [0.717, 1.165) is 16.5 Å². The predicted octanol–water partition coefficient (Wildman–Crippen LogP) is 2.40. The summed E-state index contributed by atoms with van der Waals surface area (Å²) in [5, 5.41) is 5.50. The van der Waals surface area contributed by atoms with Gasteiger partial charge in [0.2, 0.25) is 5.91 Å². The Balaban J connectivity index is 2.39. The Hall–Kier alpha value is -1.36. The van der Waals surface area contributed by atoms with E-state index in [2.05, 4.69) is 26.6 Å². The molecule has 0 aliphatic carbocycles. The van der Waals surface area contributed by atoms with E-state index in [1.54, 1.807) is 6.07 Å². The molecule has 0 atom stereocenters. The van der Waals surface area contributed by atoms with Crippen LogP contribution in [0, 0.1) is 6.92 Å². The van der Waals surface area contributed by atoms with Gasteiger partial charge in [0.15, 0.2) is 0 Å². The molecule has 0 aliphatic heterocycles. The first-order valence-electron chi connectivity index (χ1n) is 6.35. The van der Waals surface area contributed by atoms with Crippen LogP contribution in [-0.2, 0) is 4.79 Å². The molecule has 0 heterocycles. The molecular formula is C14H19BrN2O2. The van der Waals surface area contributed by atoms with Crippen molar-refractivity contribution in [3.63, 3.8) is 0 Å². The first-order chi connectivity index (χ1) is 9.04. The van der Waals surface area contributed by atoms with Crippen molar-refractivity contribution in [2.24, 2.45) is 0 Å². The lowest BCUT2D eigenvalue weighted by atomic mass is 10.1. The van der Waals surface area contributed by atoms with Crippen molar-refractivity contribution in [3.8, 4) is 0 Å². The van der Waals surface area contributed by atoms with Crippen LogP contribution in [0.4, 0.5) is 0 Å². The molecule has 0 spiro atoms. The Labute approximate surface area is 122 Å². The predicted molar refractivity (Wildman–Crippen MR) is 79.1 cm³/mol. The topological polar surface area (TPSA) is 58.2 Å². The maximum absolute atomic E-state index is 11.8. The molecule has 1 aromatic carbocycles. The van der Waals surface area contributed by atoms with Gasteiger partial charge in [-0.15, -0.1) is 0 Å². The van der Waals surface area contributed by atoms with Gasteiger partial charge in [-0.2, -0.15) is 0 Å². The highest BCUT2D eigenvalue weighted by Crippen LogP contribution is 2.16. The molecular weight excluding hydrogens is 308 g/mol. The number of hydrogen-bond acceptors (Lipinski definition) is 2. The number of halogens is 1. The van der Waals surface area contributed by atoms with Gasteiger partial charge >= 0.3 is 0 Å². The lowest BCUT2D eigenvalue weighted by Gasteiger charge is -2.07. The highest BCUT2D eigenvalue weighted by atomic mass is 79.9. The fraction of sp³-hybridized carbons (Fsp3) is 0.429. The number of carbonyl (C=O) groups excluding carboxylic acids is 2. The lowest BCUT2D eigenvalue weighted by Crippen LogP contribution is -2.31. The van der Waals surface area contributed by atoms with Crippen molar-refractivity contribution in [1.29, 1.82) is 0 Å². The molecule has 2 amide bonds. The quantitative estimate of drug-likeness (QED) is 0.843. The molecule has 1 aromatic rings. The Morgan fingerprint density at radius 3 is 2.58 bits per heavy atom. The van der Waals surface area contributed by atoms with E-state index in [-0.39, 0.29) is 11.8 Å². The number of aryl methyl sites for hydroxylation is 1. The van der Waals surface area contributed by atoms with Gasteiger partial charge in [-0.3, -0.25) is 9.59 Å². The van der Waals surface area contributed by atoms with Crippen molar-refractivity contribution < 1.29 is 9.59 Å². The van der Waals surface area contributed by atoms with Gasteiger partial charge in [-0.25, -0.2) is 0 Å².